The Morgan fingerprint density at radius 1 is 0.786 bits per heavy atom. The zero-order valence-corrected chi connectivity index (χ0v) is 22.3. The fourth-order valence-corrected chi connectivity index (χ4v) is 4.90. The number of ether oxygens (including phenoxy) is 2. The number of phenolic OH excluding ortho intramolecular Hbond substituents is 5. The van der Waals surface area contributed by atoms with Crippen LogP contribution in [0.1, 0.15) is 39.6 Å². The van der Waals surface area contributed by atoms with E-state index in [1.165, 1.54) is 50.2 Å². The summed E-state index contributed by atoms with van der Waals surface area (Å²) in [7, 11) is 0. The molecule has 6 rings (SSSR count). The molecule has 1 aliphatic heterocycles. The summed E-state index contributed by atoms with van der Waals surface area (Å²) in [4.78, 5) is 25.5. The van der Waals surface area contributed by atoms with Crippen LogP contribution in [-0.2, 0) is 0 Å². The number of carbonyl (C=O) groups is 1. The molecule has 0 bridgehead atoms. The van der Waals surface area contributed by atoms with Gasteiger partial charge in [-0.3, -0.25) is 9.59 Å². The Morgan fingerprint density at radius 3 is 2.21 bits per heavy atom. The first-order chi connectivity index (χ1) is 20.0. The van der Waals surface area contributed by atoms with Gasteiger partial charge in [-0.15, -0.1) is 0 Å². The van der Waals surface area contributed by atoms with Crippen molar-refractivity contribution in [1.82, 2.24) is 0 Å². The highest BCUT2D eigenvalue weighted by Gasteiger charge is 2.32. The van der Waals surface area contributed by atoms with Gasteiger partial charge in [-0.1, -0.05) is 12.1 Å². The smallest absolute Gasteiger partial charge is 0.197 e. The SMILES string of the molecule is Cc1c(O)cc2c(c1O)C(=O)C[C@@H](c1ccc(Oc3cc(-c4cc(=O)c5c(O)c(C)c(O)cc5o4)ccc3O)cc1)O2. The van der Waals surface area contributed by atoms with Gasteiger partial charge >= 0.3 is 0 Å². The highest BCUT2D eigenvalue weighted by atomic mass is 16.5. The number of phenols is 5. The van der Waals surface area contributed by atoms with E-state index in [0.29, 0.717) is 16.9 Å². The number of fused-ring (bicyclic) bond motifs is 2. The molecule has 1 aromatic heterocycles. The average Bonchev–Trinajstić information content (AvgIpc) is 2.95. The van der Waals surface area contributed by atoms with Crippen LogP contribution >= 0.6 is 0 Å². The first-order valence-electron chi connectivity index (χ1n) is 12.9. The molecule has 5 N–H and O–H groups in total. The fraction of sp³-hybridized carbons (Fsp3) is 0.125. The summed E-state index contributed by atoms with van der Waals surface area (Å²) in [6.07, 6.45) is -0.671. The molecule has 42 heavy (non-hydrogen) atoms. The van der Waals surface area contributed by atoms with Crippen molar-refractivity contribution in [2.75, 3.05) is 0 Å². The average molecular weight is 569 g/mol. The third kappa shape index (κ3) is 4.39. The Morgan fingerprint density at radius 2 is 1.48 bits per heavy atom. The predicted octanol–water partition coefficient (Wildman–Crippen LogP) is 6.10. The van der Waals surface area contributed by atoms with Crippen molar-refractivity contribution in [2.45, 2.75) is 26.4 Å². The molecule has 1 atom stereocenters. The highest BCUT2D eigenvalue weighted by Crippen LogP contribution is 2.44. The van der Waals surface area contributed by atoms with E-state index in [4.69, 9.17) is 13.9 Å². The molecular formula is C32H24O10. The van der Waals surface area contributed by atoms with E-state index in [1.807, 2.05) is 0 Å². The van der Waals surface area contributed by atoms with E-state index in [1.54, 1.807) is 24.3 Å². The van der Waals surface area contributed by atoms with Crippen molar-refractivity contribution in [1.29, 1.82) is 0 Å². The van der Waals surface area contributed by atoms with Crippen molar-refractivity contribution in [3.05, 3.63) is 93.1 Å². The third-order valence-electron chi connectivity index (χ3n) is 7.35. The van der Waals surface area contributed by atoms with Crippen LogP contribution in [0, 0.1) is 13.8 Å². The Labute approximate surface area is 237 Å². The van der Waals surface area contributed by atoms with Crippen molar-refractivity contribution < 1.29 is 44.2 Å². The molecule has 0 saturated heterocycles. The predicted molar refractivity (Wildman–Crippen MR) is 151 cm³/mol. The molecule has 0 spiro atoms. The summed E-state index contributed by atoms with van der Waals surface area (Å²) >= 11 is 0. The topological polar surface area (TPSA) is 167 Å². The number of ketones is 1. The fourth-order valence-electron chi connectivity index (χ4n) is 4.90. The largest absolute Gasteiger partial charge is 0.507 e. The minimum absolute atomic E-state index is 0.00386. The number of benzene rings is 4. The Hall–Kier alpha value is -5.64. The molecule has 0 fully saturated rings. The number of rotatable bonds is 4. The first kappa shape index (κ1) is 26.6. The molecule has 0 radical (unpaired) electrons. The molecule has 212 valence electrons. The lowest BCUT2D eigenvalue weighted by atomic mass is 9.94. The normalized spacial score (nSPS) is 14.4. The van der Waals surface area contributed by atoms with Gasteiger partial charge in [0.05, 0.1) is 6.42 Å². The number of Topliss-reactive ketones (excluding diaryl/α,β-unsaturated/α-hetero) is 1. The summed E-state index contributed by atoms with van der Waals surface area (Å²) in [5, 5.41) is 51.1. The van der Waals surface area contributed by atoms with Crippen LogP contribution in [-0.4, -0.2) is 31.3 Å². The lowest BCUT2D eigenvalue weighted by Gasteiger charge is -2.27. The highest BCUT2D eigenvalue weighted by molar-refractivity contribution is 6.03. The second kappa shape index (κ2) is 9.77. The molecule has 0 aliphatic carbocycles. The van der Waals surface area contributed by atoms with Gasteiger partial charge in [-0.05, 0) is 49.7 Å². The van der Waals surface area contributed by atoms with Crippen molar-refractivity contribution in [3.63, 3.8) is 0 Å². The second-order valence-electron chi connectivity index (χ2n) is 10.0. The van der Waals surface area contributed by atoms with Gasteiger partial charge in [0.15, 0.2) is 22.7 Å². The first-order valence-corrected chi connectivity index (χ1v) is 12.9. The summed E-state index contributed by atoms with van der Waals surface area (Å²) < 4.78 is 17.6. The zero-order chi connectivity index (χ0) is 29.9. The van der Waals surface area contributed by atoms with Crippen LogP contribution in [0.2, 0.25) is 0 Å². The van der Waals surface area contributed by atoms with Crippen LogP contribution in [0.5, 0.6) is 46.0 Å². The number of hydrogen-bond donors (Lipinski definition) is 5. The second-order valence-corrected chi connectivity index (χ2v) is 10.0. The van der Waals surface area contributed by atoms with Crippen LogP contribution in [0.15, 0.2) is 69.9 Å². The number of aromatic hydroxyl groups is 5. The van der Waals surface area contributed by atoms with Crippen molar-refractivity contribution >= 4 is 16.8 Å². The Kier molecular flexibility index (Phi) is 6.18. The monoisotopic (exact) mass is 568 g/mol. The van der Waals surface area contributed by atoms with E-state index < -0.39 is 11.5 Å². The van der Waals surface area contributed by atoms with Gasteiger partial charge in [0, 0.05) is 34.9 Å². The lowest BCUT2D eigenvalue weighted by molar-refractivity contribution is 0.0844. The van der Waals surface area contributed by atoms with Crippen molar-refractivity contribution in [2.24, 2.45) is 0 Å². The van der Waals surface area contributed by atoms with Crippen LogP contribution in [0.25, 0.3) is 22.3 Å². The van der Waals surface area contributed by atoms with E-state index in [0.717, 1.165) is 0 Å². The zero-order valence-electron chi connectivity index (χ0n) is 22.3. The molecule has 10 nitrogen and oxygen atoms in total. The summed E-state index contributed by atoms with van der Waals surface area (Å²) in [6, 6.07) is 14.8. The van der Waals surface area contributed by atoms with E-state index in [2.05, 4.69) is 0 Å². The van der Waals surface area contributed by atoms with E-state index in [9.17, 15) is 35.1 Å². The molecule has 2 heterocycles. The molecule has 1 aliphatic rings. The number of hydrogen-bond acceptors (Lipinski definition) is 10. The van der Waals surface area contributed by atoms with Gasteiger partial charge < -0.3 is 39.4 Å². The number of carbonyl (C=O) groups excluding carboxylic acids is 1. The van der Waals surface area contributed by atoms with E-state index >= 15 is 0 Å². The van der Waals surface area contributed by atoms with Gasteiger partial charge in [0.1, 0.15) is 62.9 Å². The van der Waals surface area contributed by atoms with Gasteiger partial charge in [0.2, 0.25) is 0 Å². The summed E-state index contributed by atoms with van der Waals surface area (Å²) in [5.74, 6) is -0.911. The summed E-state index contributed by atoms with van der Waals surface area (Å²) in [5.41, 5.74) is 0.942. The molecule has 10 heteroatoms. The molecule has 0 amide bonds. The van der Waals surface area contributed by atoms with Gasteiger partial charge in [-0.2, -0.15) is 0 Å². The van der Waals surface area contributed by atoms with Gasteiger partial charge in [0.25, 0.3) is 0 Å². The van der Waals surface area contributed by atoms with E-state index in [-0.39, 0.29) is 85.9 Å². The van der Waals surface area contributed by atoms with Crippen molar-refractivity contribution in [3.8, 4) is 57.3 Å². The Bertz CT molecular complexity index is 1970. The maximum absolute atomic E-state index is 12.8. The molecule has 4 aromatic carbocycles. The Balaban J connectivity index is 1.26. The maximum Gasteiger partial charge on any atom is 0.197 e. The molecule has 0 saturated carbocycles. The van der Waals surface area contributed by atoms with Gasteiger partial charge in [-0.25, -0.2) is 0 Å². The lowest BCUT2D eigenvalue weighted by Crippen LogP contribution is -2.20. The minimum Gasteiger partial charge on any atom is -0.507 e. The standard InChI is InChI=1S/C32H24O10/c1-14-20(34)10-27-29(31(14)38)22(36)12-24(41-27)16-3-6-18(7-4-16)40-26-9-17(5-8-19(26)33)25-13-23(37)30-28(42-25)11-21(35)15(2)32(30)39/h3-11,13,24,33-35,38-39H,12H2,1-2H3/t24-/m0/s1. The third-order valence-corrected chi connectivity index (χ3v) is 7.35. The van der Waals surface area contributed by atoms with Crippen LogP contribution in [0.4, 0.5) is 0 Å². The summed E-state index contributed by atoms with van der Waals surface area (Å²) in [6.45, 7) is 2.98. The quantitative estimate of drug-likeness (QED) is 0.171. The van der Waals surface area contributed by atoms with Crippen LogP contribution < -0.4 is 14.9 Å². The minimum atomic E-state index is -0.657. The molecule has 5 aromatic rings. The maximum atomic E-state index is 12.8. The van der Waals surface area contributed by atoms with Crippen LogP contribution in [0.3, 0.4) is 0 Å². The molecular weight excluding hydrogens is 544 g/mol. The molecule has 0 unspecified atom stereocenters.